The van der Waals surface area contributed by atoms with E-state index in [2.05, 4.69) is 10.3 Å². The lowest BCUT2D eigenvalue weighted by Gasteiger charge is -2.29. The number of aromatic nitrogens is 2. The molecule has 0 amide bonds. The Morgan fingerprint density at radius 3 is 2.58 bits per heavy atom. The Morgan fingerprint density at radius 1 is 1.06 bits per heavy atom. The van der Waals surface area contributed by atoms with Crippen LogP contribution in [0.2, 0.25) is 5.02 Å². The zero-order valence-electron chi connectivity index (χ0n) is 16.6. The molecule has 2 N–H and O–H groups in total. The predicted molar refractivity (Wildman–Crippen MR) is 118 cm³/mol. The van der Waals surface area contributed by atoms with E-state index in [-0.39, 0.29) is 18.9 Å². The van der Waals surface area contributed by atoms with Gasteiger partial charge in [0.2, 0.25) is 0 Å². The number of fused-ring (bicyclic) bond motifs is 3. The second kappa shape index (κ2) is 7.37. The van der Waals surface area contributed by atoms with E-state index in [0.29, 0.717) is 38.8 Å². The molecule has 0 unspecified atom stereocenters. The number of carbonyl (C=O) groups is 1. The van der Waals surface area contributed by atoms with E-state index in [0.717, 1.165) is 5.56 Å². The maximum atomic E-state index is 13.4. The van der Waals surface area contributed by atoms with Gasteiger partial charge in [0.05, 0.1) is 24.4 Å². The van der Waals surface area contributed by atoms with Crippen molar-refractivity contribution in [3.63, 3.8) is 0 Å². The number of hydrogen-bond donors (Lipinski definition) is 2. The summed E-state index contributed by atoms with van der Waals surface area (Å²) in [6.45, 7) is 0.519. The van der Waals surface area contributed by atoms with Gasteiger partial charge in [0.1, 0.15) is 5.82 Å². The third-order valence-electron chi connectivity index (χ3n) is 5.71. The molecule has 0 saturated heterocycles. The Morgan fingerprint density at radius 2 is 1.84 bits per heavy atom. The molecule has 0 fully saturated rings. The smallest absolute Gasteiger partial charge is 0.330 e. The van der Waals surface area contributed by atoms with E-state index in [1.54, 1.807) is 30.3 Å². The van der Waals surface area contributed by atoms with Crippen molar-refractivity contribution in [3.05, 3.63) is 102 Å². The Balaban J connectivity index is 1.84. The van der Waals surface area contributed by atoms with Crippen LogP contribution in [0.5, 0.6) is 0 Å². The van der Waals surface area contributed by atoms with E-state index in [9.17, 15) is 14.4 Å². The number of halogens is 1. The van der Waals surface area contributed by atoms with Gasteiger partial charge < -0.3 is 10.1 Å². The summed E-state index contributed by atoms with van der Waals surface area (Å²) in [5, 5.41) is 3.72. The number of carbonyl (C=O) groups excluding carboxylic acids is 1. The fourth-order valence-electron chi connectivity index (χ4n) is 4.38. The molecule has 5 rings (SSSR count). The maximum absolute atomic E-state index is 13.4. The first kappa shape index (κ1) is 19.5. The first-order chi connectivity index (χ1) is 15.0. The van der Waals surface area contributed by atoms with Crippen molar-refractivity contribution in [2.45, 2.75) is 12.5 Å². The first-order valence-electron chi connectivity index (χ1n) is 9.78. The van der Waals surface area contributed by atoms with Crippen molar-refractivity contribution < 1.29 is 9.53 Å². The molecule has 0 radical (unpaired) electrons. The summed E-state index contributed by atoms with van der Waals surface area (Å²) >= 11 is 6.25. The molecule has 156 valence electrons. The quantitative estimate of drug-likeness (QED) is 0.657. The molecule has 0 spiro atoms. The van der Waals surface area contributed by atoms with Crippen molar-refractivity contribution >= 4 is 28.9 Å². The number of H-pyrrole nitrogens is 1. The van der Waals surface area contributed by atoms with Crippen molar-refractivity contribution in [1.82, 2.24) is 9.55 Å². The zero-order valence-corrected chi connectivity index (χ0v) is 17.3. The van der Waals surface area contributed by atoms with Gasteiger partial charge in [0.25, 0.3) is 5.56 Å². The molecule has 1 aliphatic carbocycles. The molecule has 0 bridgehead atoms. The molecule has 0 saturated carbocycles. The van der Waals surface area contributed by atoms with Crippen LogP contribution in [-0.2, 0) is 11.3 Å². The summed E-state index contributed by atoms with van der Waals surface area (Å²) in [6, 6.07) is 14.4. The van der Waals surface area contributed by atoms with Crippen LogP contribution in [0.4, 0.5) is 5.82 Å². The van der Waals surface area contributed by atoms with E-state index >= 15 is 0 Å². The molecule has 7 nitrogen and oxygen atoms in total. The lowest BCUT2D eigenvalue weighted by atomic mass is 9.81. The number of Topliss-reactive ketones (excluding diaryl/α,β-unsaturated/α-hetero) is 1. The Kier molecular flexibility index (Phi) is 4.64. The van der Waals surface area contributed by atoms with Crippen molar-refractivity contribution in [2.24, 2.45) is 0 Å². The summed E-state index contributed by atoms with van der Waals surface area (Å²) in [5.41, 5.74) is 2.30. The van der Waals surface area contributed by atoms with Gasteiger partial charge in [-0.15, -0.1) is 0 Å². The summed E-state index contributed by atoms with van der Waals surface area (Å²) in [7, 11) is 1.54. The standard InChI is InChI=1S/C23H18ClN3O4/c1-31-10-9-27-21-18(22(29)26-23(27)30)16(12-5-4-6-13(24)11-12)17-19(25-21)14-7-2-3-8-15(14)20(17)28/h2-8,11,16,25H,9-10H2,1H3,(H,26,29,30)/t16-/m0/s1. The minimum Gasteiger partial charge on any atom is -0.383 e. The summed E-state index contributed by atoms with van der Waals surface area (Å²) in [6.07, 6.45) is 0. The Hall–Kier alpha value is -3.42. The summed E-state index contributed by atoms with van der Waals surface area (Å²) in [5.74, 6) is -0.468. The first-order valence-corrected chi connectivity index (χ1v) is 10.2. The second-order valence-corrected chi connectivity index (χ2v) is 7.88. The monoisotopic (exact) mass is 435 g/mol. The van der Waals surface area contributed by atoms with Crippen LogP contribution in [0.25, 0.3) is 5.70 Å². The lowest BCUT2D eigenvalue weighted by molar-refractivity contribution is 0.103. The van der Waals surface area contributed by atoms with Gasteiger partial charge in [-0.05, 0) is 17.7 Å². The highest BCUT2D eigenvalue weighted by Gasteiger charge is 2.42. The van der Waals surface area contributed by atoms with Gasteiger partial charge in [-0.25, -0.2) is 4.79 Å². The van der Waals surface area contributed by atoms with Crippen LogP contribution >= 0.6 is 11.6 Å². The number of ketones is 1. The average Bonchev–Trinajstić information content (AvgIpc) is 3.04. The molecule has 1 aliphatic heterocycles. The molecular weight excluding hydrogens is 418 g/mol. The molecule has 2 aromatic carbocycles. The average molecular weight is 436 g/mol. The van der Waals surface area contributed by atoms with Gasteiger partial charge >= 0.3 is 5.69 Å². The molecule has 3 aromatic rings. The summed E-state index contributed by atoms with van der Waals surface area (Å²) < 4.78 is 6.58. The highest BCUT2D eigenvalue weighted by Crippen LogP contribution is 2.48. The molecule has 1 atom stereocenters. The van der Waals surface area contributed by atoms with Gasteiger partial charge in [-0.1, -0.05) is 48.0 Å². The normalized spacial score (nSPS) is 16.6. The predicted octanol–water partition coefficient (Wildman–Crippen LogP) is 3.00. The van der Waals surface area contributed by atoms with Crippen LogP contribution in [0.1, 0.15) is 33.0 Å². The molecule has 8 heteroatoms. The van der Waals surface area contributed by atoms with Crippen LogP contribution < -0.4 is 16.6 Å². The number of ether oxygens (including phenoxy) is 1. The molecule has 31 heavy (non-hydrogen) atoms. The van der Waals surface area contributed by atoms with Gasteiger partial charge in [-0.2, -0.15) is 0 Å². The number of methoxy groups -OCH3 is 1. The number of aromatic amines is 1. The maximum Gasteiger partial charge on any atom is 0.330 e. The van der Waals surface area contributed by atoms with E-state index in [4.69, 9.17) is 16.3 Å². The van der Waals surface area contributed by atoms with Gasteiger partial charge in [-0.3, -0.25) is 19.1 Å². The molecule has 2 aliphatic rings. The van der Waals surface area contributed by atoms with Crippen LogP contribution in [-0.4, -0.2) is 29.1 Å². The van der Waals surface area contributed by atoms with Crippen molar-refractivity contribution in [1.29, 1.82) is 0 Å². The van der Waals surface area contributed by atoms with Crippen molar-refractivity contribution in [3.8, 4) is 0 Å². The second-order valence-electron chi connectivity index (χ2n) is 7.44. The third-order valence-corrected chi connectivity index (χ3v) is 5.95. The number of anilines is 1. The minimum absolute atomic E-state index is 0.150. The lowest BCUT2D eigenvalue weighted by Crippen LogP contribution is -2.38. The van der Waals surface area contributed by atoms with Crippen molar-refractivity contribution in [2.75, 3.05) is 19.0 Å². The number of hydrogen-bond acceptors (Lipinski definition) is 5. The number of benzene rings is 2. The Bertz CT molecular complexity index is 1390. The zero-order chi connectivity index (χ0) is 21.7. The van der Waals surface area contributed by atoms with Gasteiger partial charge in [0.15, 0.2) is 5.78 Å². The molecule has 1 aromatic heterocycles. The topological polar surface area (TPSA) is 93.2 Å². The number of rotatable bonds is 4. The van der Waals surface area contributed by atoms with Crippen LogP contribution in [0, 0.1) is 0 Å². The number of nitrogens with one attached hydrogen (secondary N) is 2. The third kappa shape index (κ3) is 2.97. The Labute approximate surface area is 181 Å². The SMILES string of the molecule is COCCn1c2c(c(=O)[nH]c1=O)[C@@H](c1cccc(Cl)c1)C1=C(N2)c2ccccc2C1=O. The fourth-order valence-corrected chi connectivity index (χ4v) is 4.58. The summed E-state index contributed by atoms with van der Waals surface area (Å²) in [4.78, 5) is 41.5. The van der Waals surface area contributed by atoms with Gasteiger partial charge in [0, 0.05) is 34.8 Å². The minimum atomic E-state index is -0.678. The number of nitrogens with zero attached hydrogens (tertiary/aromatic N) is 1. The van der Waals surface area contributed by atoms with Crippen LogP contribution in [0.15, 0.2) is 63.7 Å². The number of allylic oxidation sites excluding steroid dienone is 1. The van der Waals surface area contributed by atoms with E-state index < -0.39 is 17.2 Å². The van der Waals surface area contributed by atoms with Crippen LogP contribution in [0.3, 0.4) is 0 Å². The fraction of sp³-hybridized carbons (Fsp3) is 0.174. The highest BCUT2D eigenvalue weighted by molar-refractivity contribution is 6.30. The molecular formula is C23H18ClN3O4. The van der Waals surface area contributed by atoms with E-state index in [1.165, 1.54) is 11.7 Å². The molecule has 2 heterocycles. The largest absolute Gasteiger partial charge is 0.383 e. The van der Waals surface area contributed by atoms with E-state index in [1.807, 2.05) is 18.2 Å². The highest BCUT2D eigenvalue weighted by atomic mass is 35.5.